The first-order valence-corrected chi connectivity index (χ1v) is 9.48. The Morgan fingerprint density at radius 2 is 1.71 bits per heavy atom. The Hall–Kier alpha value is -3.42. The first-order chi connectivity index (χ1) is 14.7. The third-order valence-corrected chi connectivity index (χ3v) is 5.24. The SMILES string of the molecule is O=C(NCc1ccc(F)c(C(F)(F)F)c1)C1Nc2ccc(F)cc2C1c1ccccc1. The highest BCUT2D eigenvalue weighted by Crippen LogP contribution is 2.41. The molecule has 8 heteroatoms. The molecule has 0 saturated heterocycles. The van der Waals surface area contributed by atoms with Gasteiger partial charge in [-0.25, -0.2) is 8.78 Å². The molecular formula is C23H17F5N2O. The second kappa shape index (κ2) is 8.02. The Morgan fingerprint density at radius 3 is 2.42 bits per heavy atom. The number of carbonyl (C=O) groups is 1. The molecule has 0 radical (unpaired) electrons. The molecule has 0 bridgehead atoms. The van der Waals surface area contributed by atoms with Crippen LogP contribution in [0.5, 0.6) is 0 Å². The molecule has 1 heterocycles. The average Bonchev–Trinajstić information content (AvgIpc) is 3.11. The van der Waals surface area contributed by atoms with Gasteiger partial charge in [0.1, 0.15) is 17.7 Å². The summed E-state index contributed by atoms with van der Waals surface area (Å²) in [6, 6.07) is 15.1. The van der Waals surface area contributed by atoms with E-state index in [4.69, 9.17) is 0 Å². The number of anilines is 1. The summed E-state index contributed by atoms with van der Waals surface area (Å²) in [6.45, 7) is -0.216. The summed E-state index contributed by atoms with van der Waals surface area (Å²) in [6.07, 6.45) is -4.83. The fraction of sp³-hybridized carbons (Fsp3) is 0.174. The predicted octanol–water partition coefficient (Wildman–Crippen LogP) is 5.23. The second-order valence-electron chi connectivity index (χ2n) is 7.27. The van der Waals surface area contributed by atoms with Crippen LogP contribution in [0.3, 0.4) is 0 Å². The summed E-state index contributed by atoms with van der Waals surface area (Å²) < 4.78 is 66.1. The quantitative estimate of drug-likeness (QED) is 0.555. The minimum atomic E-state index is -4.83. The van der Waals surface area contributed by atoms with Gasteiger partial charge in [-0.2, -0.15) is 13.2 Å². The molecule has 4 rings (SSSR count). The van der Waals surface area contributed by atoms with Crippen molar-refractivity contribution in [1.29, 1.82) is 0 Å². The topological polar surface area (TPSA) is 41.1 Å². The van der Waals surface area contributed by atoms with Crippen LogP contribution in [0.2, 0.25) is 0 Å². The monoisotopic (exact) mass is 432 g/mol. The second-order valence-corrected chi connectivity index (χ2v) is 7.27. The van der Waals surface area contributed by atoms with E-state index in [1.807, 2.05) is 18.2 Å². The molecule has 2 N–H and O–H groups in total. The van der Waals surface area contributed by atoms with E-state index in [0.717, 1.165) is 11.6 Å². The number of fused-ring (bicyclic) bond motifs is 1. The van der Waals surface area contributed by atoms with Crippen molar-refractivity contribution in [1.82, 2.24) is 5.32 Å². The summed E-state index contributed by atoms with van der Waals surface area (Å²) in [5.74, 6) is -2.76. The molecular weight excluding hydrogens is 415 g/mol. The van der Waals surface area contributed by atoms with E-state index in [-0.39, 0.29) is 12.1 Å². The van der Waals surface area contributed by atoms with Gasteiger partial charge in [0.25, 0.3) is 0 Å². The molecule has 0 saturated carbocycles. The molecule has 3 aromatic carbocycles. The van der Waals surface area contributed by atoms with Crippen molar-refractivity contribution < 1.29 is 26.7 Å². The van der Waals surface area contributed by atoms with Crippen molar-refractivity contribution >= 4 is 11.6 Å². The van der Waals surface area contributed by atoms with E-state index in [1.54, 1.807) is 18.2 Å². The number of nitrogens with one attached hydrogen (secondary N) is 2. The first kappa shape index (κ1) is 20.8. The maximum absolute atomic E-state index is 13.9. The lowest BCUT2D eigenvalue weighted by Crippen LogP contribution is -2.40. The Bertz CT molecular complexity index is 1110. The molecule has 0 aromatic heterocycles. The van der Waals surface area contributed by atoms with Crippen LogP contribution >= 0.6 is 0 Å². The predicted molar refractivity (Wildman–Crippen MR) is 105 cm³/mol. The third-order valence-electron chi connectivity index (χ3n) is 5.24. The summed E-state index contributed by atoms with van der Waals surface area (Å²) in [4.78, 5) is 12.9. The van der Waals surface area contributed by atoms with E-state index in [0.29, 0.717) is 17.3 Å². The van der Waals surface area contributed by atoms with Crippen molar-refractivity contribution in [3.8, 4) is 0 Å². The number of halogens is 5. The summed E-state index contributed by atoms with van der Waals surface area (Å²) in [5, 5.41) is 5.68. The maximum Gasteiger partial charge on any atom is 0.419 e. The molecule has 3 nitrogen and oxygen atoms in total. The van der Waals surface area contributed by atoms with Gasteiger partial charge in [-0.05, 0) is 47.0 Å². The fourth-order valence-electron chi connectivity index (χ4n) is 3.80. The van der Waals surface area contributed by atoms with E-state index in [2.05, 4.69) is 10.6 Å². The number of hydrogen-bond acceptors (Lipinski definition) is 2. The Balaban J connectivity index is 1.57. The molecule has 1 aliphatic heterocycles. The number of amides is 1. The largest absolute Gasteiger partial charge is 0.419 e. The number of rotatable bonds is 4. The lowest BCUT2D eigenvalue weighted by atomic mass is 9.87. The third kappa shape index (κ3) is 4.23. The molecule has 160 valence electrons. The minimum Gasteiger partial charge on any atom is -0.373 e. The highest BCUT2D eigenvalue weighted by atomic mass is 19.4. The van der Waals surface area contributed by atoms with Gasteiger partial charge >= 0.3 is 6.18 Å². The Kier molecular flexibility index (Phi) is 5.39. The number of hydrogen-bond donors (Lipinski definition) is 2. The van der Waals surface area contributed by atoms with Crippen LogP contribution in [0, 0.1) is 11.6 Å². The van der Waals surface area contributed by atoms with Gasteiger partial charge in [0.2, 0.25) is 5.91 Å². The summed E-state index contributed by atoms with van der Waals surface area (Å²) in [5.41, 5.74) is 0.743. The summed E-state index contributed by atoms with van der Waals surface area (Å²) >= 11 is 0. The average molecular weight is 432 g/mol. The molecule has 0 fully saturated rings. The van der Waals surface area contributed by atoms with Crippen LogP contribution in [0.1, 0.15) is 28.2 Å². The van der Waals surface area contributed by atoms with Gasteiger partial charge < -0.3 is 10.6 Å². The standard InChI is InChI=1S/C23H17F5N2O/c24-15-7-9-19-16(11-15)20(14-4-2-1-3-5-14)21(30-19)22(31)29-12-13-6-8-18(25)17(10-13)23(26,27)28/h1-11,20-21,30H,12H2,(H,29,31). The van der Waals surface area contributed by atoms with Gasteiger partial charge in [0.15, 0.2) is 0 Å². The van der Waals surface area contributed by atoms with Crippen molar-refractivity contribution in [3.63, 3.8) is 0 Å². The van der Waals surface area contributed by atoms with Crippen molar-refractivity contribution in [2.45, 2.75) is 24.7 Å². The smallest absolute Gasteiger partial charge is 0.373 e. The van der Waals surface area contributed by atoms with Crippen molar-refractivity contribution in [2.24, 2.45) is 0 Å². The highest BCUT2D eigenvalue weighted by molar-refractivity contribution is 5.89. The van der Waals surface area contributed by atoms with Crippen LogP contribution in [0.25, 0.3) is 0 Å². The molecule has 2 atom stereocenters. The van der Waals surface area contributed by atoms with Gasteiger partial charge in [-0.15, -0.1) is 0 Å². The lowest BCUT2D eigenvalue weighted by molar-refractivity contribution is -0.140. The number of benzene rings is 3. The molecule has 2 unspecified atom stereocenters. The van der Waals surface area contributed by atoms with E-state index in [1.165, 1.54) is 18.2 Å². The van der Waals surface area contributed by atoms with Crippen LogP contribution in [-0.2, 0) is 17.5 Å². The van der Waals surface area contributed by atoms with Gasteiger partial charge in [0.05, 0.1) is 5.56 Å². The Labute approximate surface area is 174 Å². The number of alkyl halides is 3. The molecule has 1 amide bonds. The van der Waals surface area contributed by atoms with Crippen LogP contribution < -0.4 is 10.6 Å². The van der Waals surface area contributed by atoms with Gasteiger partial charge in [-0.1, -0.05) is 36.4 Å². The van der Waals surface area contributed by atoms with E-state index in [9.17, 15) is 26.7 Å². The molecule has 31 heavy (non-hydrogen) atoms. The molecule has 1 aliphatic rings. The zero-order chi connectivity index (χ0) is 22.2. The van der Waals surface area contributed by atoms with Crippen molar-refractivity contribution in [3.05, 3.63) is 101 Å². The summed E-state index contributed by atoms with van der Waals surface area (Å²) in [7, 11) is 0. The molecule has 3 aromatic rings. The lowest BCUT2D eigenvalue weighted by Gasteiger charge is -2.21. The van der Waals surface area contributed by atoms with Crippen LogP contribution in [0.4, 0.5) is 27.6 Å². The number of carbonyl (C=O) groups excluding carboxylic acids is 1. The normalized spacial score (nSPS) is 17.7. The highest BCUT2D eigenvalue weighted by Gasteiger charge is 2.38. The van der Waals surface area contributed by atoms with Gasteiger partial charge in [-0.3, -0.25) is 4.79 Å². The van der Waals surface area contributed by atoms with E-state index >= 15 is 0 Å². The molecule has 0 spiro atoms. The van der Waals surface area contributed by atoms with E-state index < -0.39 is 41.2 Å². The zero-order valence-electron chi connectivity index (χ0n) is 16.0. The zero-order valence-corrected chi connectivity index (χ0v) is 16.0. The van der Waals surface area contributed by atoms with Crippen LogP contribution in [-0.4, -0.2) is 11.9 Å². The Morgan fingerprint density at radius 1 is 0.968 bits per heavy atom. The minimum absolute atomic E-state index is 0.111. The van der Waals surface area contributed by atoms with Crippen LogP contribution in [0.15, 0.2) is 66.7 Å². The molecule has 0 aliphatic carbocycles. The first-order valence-electron chi connectivity index (χ1n) is 9.48. The van der Waals surface area contributed by atoms with Gasteiger partial charge in [0, 0.05) is 18.2 Å². The van der Waals surface area contributed by atoms with Crippen molar-refractivity contribution in [2.75, 3.05) is 5.32 Å². The fourth-order valence-corrected chi connectivity index (χ4v) is 3.80. The maximum atomic E-state index is 13.9.